The number of nitriles is 1. The molecule has 3 N–H and O–H groups in total. The maximum absolute atomic E-state index is 12.1. The molecule has 0 saturated heterocycles. The smallest absolute Gasteiger partial charge is 0.317 e. The lowest BCUT2D eigenvalue weighted by Gasteiger charge is -2.31. The quantitative estimate of drug-likeness (QED) is 0.694. The Bertz CT molecular complexity index is 413. The summed E-state index contributed by atoms with van der Waals surface area (Å²) in [6.45, 7) is 7.09. The third-order valence-electron chi connectivity index (χ3n) is 3.81. The summed E-state index contributed by atoms with van der Waals surface area (Å²) in [5, 5.41) is 11.5. The number of amides is 1. The second kappa shape index (κ2) is 4.01. The molecule has 5 heteroatoms. The Balaban J connectivity index is 2.03. The molecule has 2 rings (SSSR count). The van der Waals surface area contributed by atoms with Gasteiger partial charge in [-0.1, -0.05) is 19.3 Å². The second-order valence-electron chi connectivity index (χ2n) is 5.09. The molecular formula is C12H16N4O. The van der Waals surface area contributed by atoms with E-state index in [1.807, 2.05) is 6.07 Å². The minimum absolute atomic E-state index is 0.258. The van der Waals surface area contributed by atoms with E-state index in [-0.39, 0.29) is 11.8 Å². The maximum Gasteiger partial charge on any atom is 0.325 e. The normalized spacial score (nSPS) is 34.2. The van der Waals surface area contributed by atoms with Crippen LogP contribution in [0.3, 0.4) is 0 Å². The van der Waals surface area contributed by atoms with Gasteiger partial charge in [0.25, 0.3) is 0 Å². The molecule has 2 fully saturated rings. The van der Waals surface area contributed by atoms with Crippen molar-refractivity contribution in [3.63, 3.8) is 0 Å². The number of carbonyl (C=O) groups is 1. The Labute approximate surface area is 101 Å². The topological polar surface area (TPSA) is 83.3 Å². The van der Waals surface area contributed by atoms with Gasteiger partial charge in [0.05, 0.1) is 18.0 Å². The molecule has 2 unspecified atom stereocenters. The first-order valence-electron chi connectivity index (χ1n) is 5.96. The van der Waals surface area contributed by atoms with Crippen LogP contribution < -0.4 is 11.1 Å². The molecular weight excluding hydrogens is 216 g/mol. The molecule has 0 aromatic rings. The molecule has 17 heavy (non-hydrogen) atoms. The van der Waals surface area contributed by atoms with E-state index in [0.29, 0.717) is 19.3 Å². The zero-order chi connectivity index (χ0) is 12.5. The van der Waals surface area contributed by atoms with Gasteiger partial charge in [0, 0.05) is 0 Å². The third-order valence-corrected chi connectivity index (χ3v) is 3.81. The van der Waals surface area contributed by atoms with Gasteiger partial charge in [0.1, 0.15) is 0 Å². The van der Waals surface area contributed by atoms with Crippen molar-refractivity contribution in [3.05, 3.63) is 11.4 Å². The first-order valence-corrected chi connectivity index (χ1v) is 5.96. The van der Waals surface area contributed by atoms with Crippen molar-refractivity contribution < 1.29 is 4.79 Å². The van der Waals surface area contributed by atoms with Crippen LogP contribution in [-0.4, -0.2) is 17.1 Å². The van der Waals surface area contributed by atoms with Crippen molar-refractivity contribution in [1.82, 2.24) is 5.32 Å². The van der Waals surface area contributed by atoms with Crippen LogP contribution in [0.4, 0.5) is 0 Å². The summed E-state index contributed by atoms with van der Waals surface area (Å²) in [5.41, 5.74) is 4.26. The summed E-state index contributed by atoms with van der Waals surface area (Å²) >= 11 is 0. The van der Waals surface area contributed by atoms with E-state index < -0.39 is 11.2 Å². The monoisotopic (exact) mass is 232 g/mol. The Morgan fingerprint density at radius 3 is 2.59 bits per heavy atom. The van der Waals surface area contributed by atoms with Crippen LogP contribution in [0.1, 0.15) is 38.5 Å². The van der Waals surface area contributed by atoms with Crippen LogP contribution in [0.15, 0.2) is 0 Å². The van der Waals surface area contributed by atoms with E-state index in [0.717, 1.165) is 19.3 Å². The van der Waals surface area contributed by atoms with E-state index in [9.17, 15) is 4.79 Å². The van der Waals surface area contributed by atoms with Crippen molar-refractivity contribution in [2.45, 2.75) is 49.7 Å². The third kappa shape index (κ3) is 1.99. The number of hydrogen-bond acceptors (Lipinski definition) is 3. The summed E-state index contributed by atoms with van der Waals surface area (Å²) in [4.78, 5) is 15.5. The maximum atomic E-state index is 12.1. The van der Waals surface area contributed by atoms with Crippen molar-refractivity contribution in [2.75, 3.05) is 0 Å². The fourth-order valence-electron chi connectivity index (χ4n) is 2.43. The van der Waals surface area contributed by atoms with E-state index >= 15 is 0 Å². The molecule has 0 radical (unpaired) electrons. The largest absolute Gasteiger partial charge is 0.325 e. The second-order valence-corrected chi connectivity index (χ2v) is 5.09. The van der Waals surface area contributed by atoms with Crippen LogP contribution in [-0.2, 0) is 4.79 Å². The molecule has 0 bridgehead atoms. The van der Waals surface area contributed by atoms with Crippen LogP contribution in [0, 0.1) is 23.8 Å². The number of rotatable bonds is 2. The summed E-state index contributed by atoms with van der Waals surface area (Å²) < 4.78 is 0. The molecule has 2 aliphatic carbocycles. The highest BCUT2D eigenvalue weighted by atomic mass is 16.2. The van der Waals surface area contributed by atoms with Crippen LogP contribution in [0.25, 0.3) is 4.85 Å². The molecule has 0 aliphatic heterocycles. The molecule has 2 aliphatic rings. The highest BCUT2D eigenvalue weighted by Gasteiger charge is 2.65. The predicted octanol–water partition coefficient (Wildman–Crippen LogP) is 0.923. The van der Waals surface area contributed by atoms with Gasteiger partial charge in [-0.25, -0.2) is 6.57 Å². The lowest BCUT2D eigenvalue weighted by Crippen LogP contribution is -2.57. The van der Waals surface area contributed by atoms with E-state index in [2.05, 4.69) is 10.2 Å². The minimum atomic E-state index is -0.990. The lowest BCUT2D eigenvalue weighted by molar-refractivity contribution is -0.128. The van der Waals surface area contributed by atoms with E-state index in [1.165, 1.54) is 0 Å². The molecule has 0 aromatic carbocycles. The fourth-order valence-corrected chi connectivity index (χ4v) is 2.43. The zero-order valence-electron chi connectivity index (χ0n) is 9.70. The van der Waals surface area contributed by atoms with Crippen molar-refractivity contribution in [3.8, 4) is 6.07 Å². The molecule has 2 atom stereocenters. The molecule has 90 valence electrons. The number of nitrogens with two attached hydrogens (primary N) is 1. The van der Waals surface area contributed by atoms with Crippen molar-refractivity contribution in [2.24, 2.45) is 11.7 Å². The van der Waals surface area contributed by atoms with E-state index in [4.69, 9.17) is 17.6 Å². The first-order chi connectivity index (χ1) is 8.06. The molecule has 0 heterocycles. The van der Waals surface area contributed by atoms with Gasteiger partial charge < -0.3 is 5.73 Å². The number of nitrogens with one attached hydrogen (secondary N) is 1. The van der Waals surface area contributed by atoms with Gasteiger partial charge in [-0.15, -0.1) is 0 Å². The average molecular weight is 232 g/mol. The summed E-state index contributed by atoms with van der Waals surface area (Å²) in [6.07, 6.45) is 4.79. The van der Waals surface area contributed by atoms with Gasteiger partial charge in [0.2, 0.25) is 5.91 Å². The summed E-state index contributed by atoms with van der Waals surface area (Å²) in [5.74, 6) is -0.637. The Hall–Kier alpha value is -1.59. The van der Waals surface area contributed by atoms with Gasteiger partial charge >= 0.3 is 5.66 Å². The Morgan fingerprint density at radius 1 is 1.47 bits per heavy atom. The molecule has 5 nitrogen and oxygen atoms in total. The molecule has 0 spiro atoms. The number of nitrogens with zero attached hydrogens (tertiary/aromatic N) is 2. The predicted molar refractivity (Wildman–Crippen MR) is 61.2 cm³/mol. The van der Waals surface area contributed by atoms with Gasteiger partial charge in [-0.3, -0.25) is 15.0 Å². The van der Waals surface area contributed by atoms with Crippen LogP contribution in [0.5, 0.6) is 0 Å². The SMILES string of the molecule is [C-]#[N+]C1(NC(=O)C2(N)CCCCC2)CC1C#N. The standard InChI is InChI=1S/C12H16N4O/c1-15-12(7-9(12)8-13)16-10(17)11(14)5-3-2-4-6-11/h9H,2-7,14H2,(H,16,17). The highest BCUT2D eigenvalue weighted by Crippen LogP contribution is 2.44. The number of hydrogen-bond donors (Lipinski definition) is 2. The van der Waals surface area contributed by atoms with Gasteiger partial charge in [0.15, 0.2) is 5.92 Å². The van der Waals surface area contributed by atoms with Gasteiger partial charge in [-0.2, -0.15) is 5.26 Å². The molecule has 0 aromatic heterocycles. The van der Waals surface area contributed by atoms with Gasteiger partial charge in [-0.05, 0) is 12.8 Å². The highest BCUT2D eigenvalue weighted by molar-refractivity contribution is 5.87. The molecule has 2 saturated carbocycles. The number of carbonyl (C=O) groups excluding carboxylic acids is 1. The minimum Gasteiger partial charge on any atom is -0.317 e. The fraction of sp³-hybridized carbons (Fsp3) is 0.750. The average Bonchev–Trinajstić information content (AvgIpc) is 3.04. The lowest BCUT2D eigenvalue weighted by atomic mass is 9.82. The summed E-state index contributed by atoms with van der Waals surface area (Å²) in [6, 6.07) is 2.03. The first kappa shape index (κ1) is 11.9. The Kier molecular flexibility index (Phi) is 2.81. The molecule has 1 amide bonds. The summed E-state index contributed by atoms with van der Waals surface area (Å²) in [7, 11) is 0. The van der Waals surface area contributed by atoms with Crippen LogP contribution in [0.2, 0.25) is 0 Å². The Morgan fingerprint density at radius 2 is 2.12 bits per heavy atom. The van der Waals surface area contributed by atoms with Crippen molar-refractivity contribution >= 4 is 5.91 Å². The zero-order valence-corrected chi connectivity index (χ0v) is 9.70. The van der Waals surface area contributed by atoms with Crippen molar-refractivity contribution in [1.29, 1.82) is 5.26 Å². The van der Waals surface area contributed by atoms with Crippen LogP contribution >= 0.6 is 0 Å². The van der Waals surface area contributed by atoms with E-state index in [1.54, 1.807) is 0 Å².